The zero-order valence-corrected chi connectivity index (χ0v) is 19.9. The fourth-order valence-electron chi connectivity index (χ4n) is 4.38. The molecule has 1 aliphatic carbocycles. The maximum atomic E-state index is 13.1. The Labute approximate surface area is 200 Å². The first kappa shape index (κ1) is 24.1. The number of nitrogens with one attached hydrogen (secondary N) is 2. The fraction of sp³-hybridized carbons (Fsp3) is 0.296. The zero-order valence-electron chi connectivity index (χ0n) is 19.1. The molecule has 34 heavy (non-hydrogen) atoms. The van der Waals surface area contributed by atoms with Gasteiger partial charge in [0.25, 0.3) is 0 Å². The number of hydrogen-bond acceptors (Lipinski definition) is 3. The minimum Gasteiger partial charge on any atom is -0.349 e. The van der Waals surface area contributed by atoms with Crippen molar-refractivity contribution in [3.63, 3.8) is 0 Å². The van der Waals surface area contributed by atoms with Gasteiger partial charge in [-0.15, -0.1) is 0 Å². The van der Waals surface area contributed by atoms with Crippen molar-refractivity contribution in [2.75, 3.05) is 0 Å². The van der Waals surface area contributed by atoms with Crippen molar-refractivity contribution in [2.45, 2.75) is 49.6 Å². The Morgan fingerprint density at radius 3 is 2.06 bits per heavy atom. The summed E-state index contributed by atoms with van der Waals surface area (Å²) in [5.41, 5.74) is 2.83. The first-order valence-electron chi connectivity index (χ1n) is 11.6. The third kappa shape index (κ3) is 5.90. The van der Waals surface area contributed by atoms with E-state index < -0.39 is 10.0 Å². The molecule has 0 radical (unpaired) electrons. The van der Waals surface area contributed by atoms with E-state index in [2.05, 4.69) is 10.0 Å². The highest BCUT2D eigenvalue weighted by Gasteiger charge is 2.29. The molecule has 1 fully saturated rings. The minimum atomic E-state index is -3.64. The molecule has 2 N–H and O–H groups in total. The number of carbonyl (C=O) groups is 1. The van der Waals surface area contributed by atoms with E-state index in [1.54, 1.807) is 24.3 Å². The van der Waals surface area contributed by atoms with Crippen LogP contribution in [0.3, 0.4) is 0 Å². The average molecular weight is 481 g/mol. The molecule has 0 aromatic heterocycles. The highest BCUT2D eigenvalue weighted by Crippen LogP contribution is 2.27. The lowest BCUT2D eigenvalue weighted by atomic mass is 9.85. The lowest BCUT2D eigenvalue weighted by Crippen LogP contribution is -2.41. The van der Waals surface area contributed by atoms with Gasteiger partial charge in [-0.05, 0) is 73.6 Å². The summed E-state index contributed by atoms with van der Waals surface area (Å²) in [4.78, 5) is 12.9. The van der Waals surface area contributed by atoms with E-state index in [0.717, 1.165) is 16.7 Å². The van der Waals surface area contributed by atoms with Crippen LogP contribution in [0.2, 0.25) is 0 Å². The van der Waals surface area contributed by atoms with Gasteiger partial charge in [0.15, 0.2) is 0 Å². The number of sulfonamides is 1. The molecule has 0 saturated heterocycles. The van der Waals surface area contributed by atoms with Gasteiger partial charge in [0.1, 0.15) is 5.82 Å². The van der Waals surface area contributed by atoms with E-state index in [0.29, 0.717) is 25.7 Å². The van der Waals surface area contributed by atoms with Crippen molar-refractivity contribution in [1.29, 1.82) is 0 Å². The summed E-state index contributed by atoms with van der Waals surface area (Å²) in [6, 6.07) is 22.3. The molecular formula is C27H29FN2O3S. The summed E-state index contributed by atoms with van der Waals surface area (Å²) in [6.07, 6.45) is 2.43. The molecule has 3 aromatic rings. The van der Waals surface area contributed by atoms with Crippen LogP contribution in [0.1, 0.15) is 44.2 Å². The molecule has 7 heteroatoms. The average Bonchev–Trinajstić information content (AvgIpc) is 2.85. The Morgan fingerprint density at radius 2 is 1.44 bits per heavy atom. The third-order valence-electron chi connectivity index (χ3n) is 6.42. The van der Waals surface area contributed by atoms with E-state index in [1.165, 1.54) is 12.1 Å². The van der Waals surface area contributed by atoms with E-state index in [9.17, 15) is 17.6 Å². The number of halogens is 1. The fourth-order valence-corrected chi connectivity index (χ4v) is 5.69. The van der Waals surface area contributed by atoms with Crippen LogP contribution in [-0.2, 0) is 14.8 Å². The Kier molecular flexibility index (Phi) is 7.44. The van der Waals surface area contributed by atoms with Gasteiger partial charge in [0.05, 0.1) is 10.9 Å². The maximum Gasteiger partial charge on any atom is 0.240 e. The second kappa shape index (κ2) is 10.5. The van der Waals surface area contributed by atoms with E-state index >= 15 is 0 Å². The van der Waals surface area contributed by atoms with Crippen molar-refractivity contribution in [3.8, 4) is 11.1 Å². The van der Waals surface area contributed by atoms with Gasteiger partial charge in [-0.1, -0.05) is 54.6 Å². The van der Waals surface area contributed by atoms with Gasteiger partial charge in [0, 0.05) is 12.0 Å². The van der Waals surface area contributed by atoms with Crippen LogP contribution in [0.25, 0.3) is 11.1 Å². The quantitative estimate of drug-likeness (QED) is 0.488. The van der Waals surface area contributed by atoms with Crippen LogP contribution in [0.15, 0.2) is 83.8 Å². The normalized spacial score (nSPS) is 19.4. The third-order valence-corrected chi connectivity index (χ3v) is 7.96. The topological polar surface area (TPSA) is 75.3 Å². The predicted molar refractivity (Wildman–Crippen MR) is 131 cm³/mol. The Hall–Kier alpha value is -3.03. The van der Waals surface area contributed by atoms with Crippen LogP contribution in [0, 0.1) is 11.7 Å². The SMILES string of the molecule is C[C@@H](NC(=O)[C@H]1CC[C@H](NS(=O)(=O)c2ccc(-c3ccccc3)cc2)CC1)c1ccc(F)cc1. The Balaban J connectivity index is 1.30. The van der Waals surface area contributed by atoms with Crippen LogP contribution in [0.5, 0.6) is 0 Å². The zero-order chi connectivity index (χ0) is 24.1. The Morgan fingerprint density at radius 1 is 0.853 bits per heavy atom. The summed E-state index contributed by atoms with van der Waals surface area (Å²) in [5.74, 6) is -0.515. The summed E-state index contributed by atoms with van der Waals surface area (Å²) >= 11 is 0. The van der Waals surface area contributed by atoms with Gasteiger partial charge >= 0.3 is 0 Å². The minimum absolute atomic E-state index is 0.0466. The molecule has 1 aliphatic rings. The molecule has 0 heterocycles. The molecule has 0 spiro atoms. The van der Waals surface area contributed by atoms with Gasteiger partial charge < -0.3 is 5.32 Å². The van der Waals surface area contributed by atoms with Crippen molar-refractivity contribution in [1.82, 2.24) is 10.0 Å². The number of rotatable bonds is 7. The molecule has 1 amide bonds. The van der Waals surface area contributed by atoms with Gasteiger partial charge in [-0.3, -0.25) is 4.79 Å². The molecule has 0 bridgehead atoms. The van der Waals surface area contributed by atoms with E-state index in [4.69, 9.17) is 0 Å². The van der Waals surface area contributed by atoms with Crippen LogP contribution < -0.4 is 10.0 Å². The van der Waals surface area contributed by atoms with Crippen LogP contribution in [-0.4, -0.2) is 20.4 Å². The molecule has 5 nitrogen and oxygen atoms in total. The lowest BCUT2D eigenvalue weighted by molar-refractivity contribution is -0.126. The molecule has 0 unspecified atom stereocenters. The number of carbonyl (C=O) groups excluding carboxylic acids is 1. The summed E-state index contributed by atoms with van der Waals surface area (Å²) in [6.45, 7) is 1.87. The number of benzene rings is 3. The second-order valence-corrected chi connectivity index (χ2v) is 10.6. The van der Waals surface area contributed by atoms with Gasteiger partial charge in [-0.2, -0.15) is 0 Å². The van der Waals surface area contributed by atoms with E-state index in [1.807, 2.05) is 49.4 Å². The summed E-state index contributed by atoms with van der Waals surface area (Å²) in [7, 11) is -3.64. The van der Waals surface area contributed by atoms with Crippen molar-refractivity contribution in [2.24, 2.45) is 5.92 Å². The van der Waals surface area contributed by atoms with Crippen molar-refractivity contribution in [3.05, 3.63) is 90.2 Å². The van der Waals surface area contributed by atoms with Crippen molar-refractivity contribution >= 4 is 15.9 Å². The monoisotopic (exact) mass is 480 g/mol. The second-order valence-electron chi connectivity index (χ2n) is 8.84. The molecule has 3 aromatic carbocycles. The molecule has 178 valence electrons. The summed E-state index contributed by atoms with van der Waals surface area (Å²) in [5, 5.41) is 2.99. The van der Waals surface area contributed by atoms with Crippen molar-refractivity contribution < 1.29 is 17.6 Å². The first-order valence-corrected chi connectivity index (χ1v) is 13.0. The molecule has 1 atom stereocenters. The molecule has 0 aliphatic heterocycles. The first-order chi connectivity index (χ1) is 16.3. The standard InChI is InChI=1S/C27H29FN2O3S/c1-19(20-7-13-24(28)14-8-20)29-27(31)23-9-15-25(16-10-23)30-34(32,33)26-17-11-22(12-18-26)21-5-3-2-4-6-21/h2-8,11-14,17-19,23,25,30H,9-10,15-16H2,1H3,(H,29,31)/t19-,23-,25-/m1/s1. The highest BCUT2D eigenvalue weighted by atomic mass is 32.2. The summed E-state index contributed by atoms with van der Waals surface area (Å²) < 4.78 is 41.7. The smallest absolute Gasteiger partial charge is 0.240 e. The largest absolute Gasteiger partial charge is 0.349 e. The predicted octanol–water partition coefficient (Wildman–Crippen LogP) is 5.21. The van der Waals surface area contributed by atoms with Crippen LogP contribution >= 0.6 is 0 Å². The maximum absolute atomic E-state index is 13.1. The van der Waals surface area contributed by atoms with E-state index in [-0.39, 0.29) is 34.6 Å². The Bertz CT molecular complexity index is 1200. The van der Waals surface area contributed by atoms with Gasteiger partial charge in [0.2, 0.25) is 15.9 Å². The molecular weight excluding hydrogens is 451 g/mol. The van der Waals surface area contributed by atoms with Crippen LogP contribution in [0.4, 0.5) is 4.39 Å². The lowest BCUT2D eigenvalue weighted by Gasteiger charge is -2.29. The number of amides is 1. The molecule has 4 rings (SSSR count). The number of hydrogen-bond donors (Lipinski definition) is 2. The van der Waals surface area contributed by atoms with Gasteiger partial charge in [-0.25, -0.2) is 17.5 Å². The highest BCUT2D eigenvalue weighted by molar-refractivity contribution is 7.89. The molecule has 1 saturated carbocycles.